The lowest BCUT2D eigenvalue weighted by atomic mass is 9.85. The van der Waals surface area contributed by atoms with Crippen LogP contribution in [-0.2, 0) is 16.1 Å². The van der Waals surface area contributed by atoms with Crippen molar-refractivity contribution in [3.8, 4) is 0 Å². The number of hydrogen-bond donors (Lipinski definition) is 3. The van der Waals surface area contributed by atoms with Gasteiger partial charge in [-0.25, -0.2) is 9.98 Å². The number of pyridine rings is 1. The number of guanidine groups is 1. The van der Waals surface area contributed by atoms with Crippen molar-refractivity contribution in [3.05, 3.63) is 23.9 Å². The number of anilines is 1. The van der Waals surface area contributed by atoms with E-state index in [1.807, 2.05) is 26.1 Å². The summed E-state index contributed by atoms with van der Waals surface area (Å²) in [6, 6.07) is 4.58. The van der Waals surface area contributed by atoms with Gasteiger partial charge in [-0.2, -0.15) is 0 Å². The number of aromatic nitrogens is 1. The summed E-state index contributed by atoms with van der Waals surface area (Å²) in [6.07, 6.45) is 6.00. The number of rotatable bonds is 7. The zero-order chi connectivity index (χ0) is 22.9. The van der Waals surface area contributed by atoms with Crippen LogP contribution in [0.15, 0.2) is 23.3 Å². The van der Waals surface area contributed by atoms with Gasteiger partial charge in [-0.3, -0.25) is 4.79 Å². The standard InChI is InChI=1S/C24H40N6O2/c1-5-25-24(29-21-8-6-7-20(14-21)23(31)28-17(2)3)27-15-19-9-10-26-22(13-19)30-11-12-32-18(4)16-30/h9-10,13,17-18,20-21H,5-8,11-12,14-16H2,1-4H3,(H,28,31)(H2,25,27,29). The average molecular weight is 445 g/mol. The molecule has 1 aromatic rings. The van der Waals surface area contributed by atoms with E-state index in [4.69, 9.17) is 9.73 Å². The topological polar surface area (TPSA) is 90.9 Å². The minimum Gasteiger partial charge on any atom is -0.375 e. The molecule has 8 nitrogen and oxygen atoms in total. The van der Waals surface area contributed by atoms with Crippen molar-refractivity contribution in [1.29, 1.82) is 0 Å². The van der Waals surface area contributed by atoms with Crippen molar-refractivity contribution in [2.24, 2.45) is 10.9 Å². The minimum absolute atomic E-state index is 0.0743. The van der Waals surface area contributed by atoms with E-state index in [2.05, 4.69) is 45.7 Å². The maximum atomic E-state index is 12.5. The second-order valence-electron chi connectivity index (χ2n) is 9.21. The second kappa shape index (κ2) is 12.0. The van der Waals surface area contributed by atoms with E-state index in [-0.39, 0.29) is 30.0 Å². The van der Waals surface area contributed by atoms with Crippen molar-refractivity contribution in [3.63, 3.8) is 0 Å². The lowest BCUT2D eigenvalue weighted by Crippen LogP contribution is -2.47. The van der Waals surface area contributed by atoms with Crippen molar-refractivity contribution >= 4 is 17.7 Å². The number of ether oxygens (including phenoxy) is 1. The first-order valence-corrected chi connectivity index (χ1v) is 12.1. The van der Waals surface area contributed by atoms with Crippen LogP contribution < -0.4 is 20.9 Å². The molecule has 1 aliphatic heterocycles. The Morgan fingerprint density at radius 2 is 2.22 bits per heavy atom. The normalized spacial score (nSPS) is 24.3. The molecular formula is C24H40N6O2. The number of carbonyl (C=O) groups is 1. The molecule has 3 rings (SSSR count). The van der Waals surface area contributed by atoms with Gasteiger partial charge in [0.1, 0.15) is 5.82 Å². The van der Waals surface area contributed by atoms with Gasteiger partial charge in [0.15, 0.2) is 5.96 Å². The first-order valence-electron chi connectivity index (χ1n) is 12.1. The highest BCUT2D eigenvalue weighted by Gasteiger charge is 2.28. The quantitative estimate of drug-likeness (QED) is 0.442. The number of carbonyl (C=O) groups excluding carboxylic acids is 1. The van der Waals surface area contributed by atoms with Gasteiger partial charge >= 0.3 is 0 Å². The van der Waals surface area contributed by atoms with E-state index >= 15 is 0 Å². The fourth-order valence-electron chi connectivity index (χ4n) is 4.40. The first kappa shape index (κ1) is 24.3. The Bertz CT molecular complexity index is 769. The summed E-state index contributed by atoms with van der Waals surface area (Å²) in [7, 11) is 0. The van der Waals surface area contributed by atoms with Crippen LogP contribution in [0.3, 0.4) is 0 Å². The van der Waals surface area contributed by atoms with Crippen LogP contribution in [0, 0.1) is 5.92 Å². The van der Waals surface area contributed by atoms with Gasteiger partial charge in [-0.15, -0.1) is 0 Å². The smallest absolute Gasteiger partial charge is 0.223 e. The average Bonchev–Trinajstić information content (AvgIpc) is 2.77. The van der Waals surface area contributed by atoms with Crippen LogP contribution in [-0.4, -0.2) is 61.3 Å². The van der Waals surface area contributed by atoms with Crippen LogP contribution >= 0.6 is 0 Å². The molecule has 3 N–H and O–H groups in total. The minimum atomic E-state index is 0.0743. The molecule has 1 aromatic heterocycles. The number of hydrogen-bond acceptors (Lipinski definition) is 5. The SMILES string of the molecule is CCNC(=NCc1ccnc(N2CCOC(C)C2)c1)NC1CCCC(C(=O)NC(C)C)C1. The van der Waals surface area contributed by atoms with E-state index in [1.165, 1.54) is 0 Å². The zero-order valence-corrected chi connectivity index (χ0v) is 20.1. The van der Waals surface area contributed by atoms with Crippen LogP contribution in [0.5, 0.6) is 0 Å². The highest BCUT2D eigenvalue weighted by atomic mass is 16.5. The van der Waals surface area contributed by atoms with E-state index in [1.54, 1.807) is 0 Å². The third kappa shape index (κ3) is 7.36. The molecule has 32 heavy (non-hydrogen) atoms. The van der Waals surface area contributed by atoms with Gasteiger partial charge in [-0.1, -0.05) is 6.42 Å². The largest absolute Gasteiger partial charge is 0.375 e. The summed E-state index contributed by atoms with van der Waals surface area (Å²) >= 11 is 0. The Balaban J connectivity index is 1.60. The third-order valence-electron chi connectivity index (χ3n) is 5.96. The number of nitrogens with one attached hydrogen (secondary N) is 3. The summed E-state index contributed by atoms with van der Waals surface area (Å²) < 4.78 is 5.65. The molecule has 3 unspecified atom stereocenters. The Hall–Kier alpha value is -2.35. The monoisotopic (exact) mass is 444 g/mol. The van der Waals surface area contributed by atoms with Crippen molar-refractivity contribution in [2.45, 2.75) is 78.1 Å². The first-order chi connectivity index (χ1) is 15.4. The number of morpholine rings is 1. The lowest BCUT2D eigenvalue weighted by Gasteiger charge is -2.32. The van der Waals surface area contributed by atoms with Crippen molar-refractivity contribution in [2.75, 3.05) is 31.1 Å². The molecule has 3 atom stereocenters. The molecule has 2 heterocycles. The summed E-state index contributed by atoms with van der Waals surface area (Å²) in [4.78, 5) is 24.1. The fraction of sp³-hybridized carbons (Fsp3) is 0.708. The van der Waals surface area contributed by atoms with Crippen LogP contribution in [0.2, 0.25) is 0 Å². The Kier molecular flexibility index (Phi) is 9.14. The molecule has 2 fully saturated rings. The maximum absolute atomic E-state index is 12.5. The van der Waals surface area contributed by atoms with Gasteiger partial charge in [0.25, 0.3) is 0 Å². The Labute approximate surface area is 192 Å². The van der Waals surface area contributed by atoms with Gasteiger partial charge < -0.3 is 25.6 Å². The highest BCUT2D eigenvalue weighted by Crippen LogP contribution is 2.24. The predicted molar refractivity (Wildman–Crippen MR) is 129 cm³/mol. The molecular weight excluding hydrogens is 404 g/mol. The number of nitrogens with zero attached hydrogens (tertiary/aromatic N) is 3. The van der Waals surface area contributed by atoms with Crippen LogP contribution in [0.1, 0.15) is 58.9 Å². The molecule has 1 amide bonds. The zero-order valence-electron chi connectivity index (χ0n) is 20.1. The summed E-state index contributed by atoms with van der Waals surface area (Å²) in [6.45, 7) is 12.0. The number of aliphatic imine (C=N–C) groups is 1. The van der Waals surface area contributed by atoms with Crippen molar-refractivity contribution < 1.29 is 9.53 Å². The van der Waals surface area contributed by atoms with E-state index in [0.717, 1.165) is 69.3 Å². The van der Waals surface area contributed by atoms with Crippen molar-refractivity contribution in [1.82, 2.24) is 20.9 Å². The molecule has 8 heteroatoms. The lowest BCUT2D eigenvalue weighted by molar-refractivity contribution is -0.126. The van der Waals surface area contributed by atoms with E-state index in [9.17, 15) is 4.79 Å². The molecule has 0 bridgehead atoms. The maximum Gasteiger partial charge on any atom is 0.223 e. The molecule has 178 valence electrons. The van der Waals surface area contributed by atoms with Gasteiger partial charge in [-0.05, 0) is 64.7 Å². The molecule has 0 aromatic carbocycles. The highest BCUT2D eigenvalue weighted by molar-refractivity contribution is 5.81. The van der Waals surface area contributed by atoms with E-state index in [0.29, 0.717) is 6.54 Å². The summed E-state index contributed by atoms with van der Waals surface area (Å²) in [5, 5.41) is 9.98. The molecule has 1 saturated carbocycles. The van der Waals surface area contributed by atoms with Gasteiger partial charge in [0.2, 0.25) is 5.91 Å². The summed E-state index contributed by atoms with van der Waals surface area (Å²) in [5.74, 6) is 2.04. The third-order valence-corrected chi connectivity index (χ3v) is 5.96. The van der Waals surface area contributed by atoms with Gasteiger partial charge in [0, 0.05) is 43.8 Å². The fourth-order valence-corrected chi connectivity index (χ4v) is 4.40. The molecule has 0 spiro atoms. The molecule has 1 aliphatic carbocycles. The molecule has 1 saturated heterocycles. The second-order valence-corrected chi connectivity index (χ2v) is 9.21. The Morgan fingerprint density at radius 3 is 2.97 bits per heavy atom. The Morgan fingerprint density at radius 1 is 1.38 bits per heavy atom. The number of amides is 1. The van der Waals surface area contributed by atoms with Crippen LogP contribution in [0.4, 0.5) is 5.82 Å². The summed E-state index contributed by atoms with van der Waals surface area (Å²) in [5.41, 5.74) is 1.13. The van der Waals surface area contributed by atoms with Crippen LogP contribution in [0.25, 0.3) is 0 Å². The molecule has 0 radical (unpaired) electrons. The van der Waals surface area contributed by atoms with Gasteiger partial charge in [0.05, 0.1) is 19.3 Å². The van der Waals surface area contributed by atoms with E-state index < -0.39 is 0 Å². The molecule has 2 aliphatic rings. The predicted octanol–water partition coefficient (Wildman–Crippen LogP) is 2.45.